The van der Waals surface area contributed by atoms with Crippen molar-refractivity contribution in [2.75, 3.05) is 7.11 Å². The molecule has 0 fully saturated rings. The van der Waals surface area contributed by atoms with Crippen LogP contribution in [0.4, 0.5) is 0 Å². The molecule has 0 spiro atoms. The first-order valence-electron chi connectivity index (χ1n) is 5.83. The summed E-state index contributed by atoms with van der Waals surface area (Å²) >= 11 is 4.91. The van der Waals surface area contributed by atoms with E-state index in [0.29, 0.717) is 11.3 Å². The van der Waals surface area contributed by atoms with E-state index >= 15 is 0 Å². The minimum Gasteiger partial charge on any atom is -0.496 e. The Kier molecular flexibility index (Phi) is 4.92. The van der Waals surface area contributed by atoms with Crippen molar-refractivity contribution in [2.24, 2.45) is 5.10 Å². The predicted molar refractivity (Wildman–Crippen MR) is 84.8 cm³/mol. The SMILES string of the molecule is COc1ccc(Br)cc1C(=O)N/N=C\c1sccc1C. The Morgan fingerprint density at radius 3 is 2.90 bits per heavy atom. The van der Waals surface area contributed by atoms with Crippen LogP contribution >= 0.6 is 27.3 Å². The van der Waals surface area contributed by atoms with Crippen LogP contribution in [0.2, 0.25) is 0 Å². The quantitative estimate of drug-likeness (QED) is 0.675. The lowest BCUT2D eigenvalue weighted by Crippen LogP contribution is -2.18. The van der Waals surface area contributed by atoms with Crippen molar-refractivity contribution >= 4 is 39.4 Å². The number of rotatable bonds is 4. The summed E-state index contributed by atoms with van der Waals surface area (Å²) in [4.78, 5) is 13.1. The van der Waals surface area contributed by atoms with E-state index in [1.807, 2.05) is 24.4 Å². The van der Waals surface area contributed by atoms with Gasteiger partial charge in [0.1, 0.15) is 5.75 Å². The van der Waals surface area contributed by atoms with Gasteiger partial charge in [0.15, 0.2) is 0 Å². The van der Waals surface area contributed by atoms with E-state index in [9.17, 15) is 4.79 Å². The molecule has 0 saturated carbocycles. The molecule has 0 atom stereocenters. The van der Waals surface area contributed by atoms with Crippen molar-refractivity contribution in [1.29, 1.82) is 0 Å². The van der Waals surface area contributed by atoms with Crippen LogP contribution in [0.3, 0.4) is 0 Å². The number of carbonyl (C=O) groups is 1. The number of ether oxygens (including phenoxy) is 1. The molecule has 1 aromatic heterocycles. The fourth-order valence-corrected chi connectivity index (χ4v) is 2.73. The van der Waals surface area contributed by atoms with Crippen LogP contribution in [-0.4, -0.2) is 19.2 Å². The lowest BCUT2D eigenvalue weighted by molar-refractivity contribution is 0.0952. The Morgan fingerprint density at radius 2 is 2.25 bits per heavy atom. The van der Waals surface area contributed by atoms with E-state index in [4.69, 9.17) is 4.74 Å². The van der Waals surface area contributed by atoms with Crippen LogP contribution in [0.1, 0.15) is 20.8 Å². The van der Waals surface area contributed by atoms with Gasteiger partial charge in [-0.3, -0.25) is 4.79 Å². The molecule has 0 bridgehead atoms. The molecule has 0 aliphatic carbocycles. The number of methoxy groups -OCH3 is 1. The second-order valence-corrected chi connectivity index (χ2v) is 5.87. The molecule has 4 nitrogen and oxygen atoms in total. The van der Waals surface area contributed by atoms with Gasteiger partial charge in [0.25, 0.3) is 5.91 Å². The van der Waals surface area contributed by atoms with Gasteiger partial charge in [-0.05, 0) is 42.1 Å². The normalized spacial score (nSPS) is 10.8. The largest absolute Gasteiger partial charge is 0.496 e. The molecule has 0 aliphatic heterocycles. The molecular formula is C14H13BrN2O2S. The number of benzene rings is 1. The van der Waals surface area contributed by atoms with E-state index in [-0.39, 0.29) is 5.91 Å². The third kappa shape index (κ3) is 3.46. The van der Waals surface area contributed by atoms with Crippen molar-refractivity contribution in [3.8, 4) is 5.75 Å². The highest BCUT2D eigenvalue weighted by atomic mass is 79.9. The summed E-state index contributed by atoms with van der Waals surface area (Å²) in [7, 11) is 1.53. The van der Waals surface area contributed by atoms with Crippen molar-refractivity contribution in [3.05, 3.63) is 50.1 Å². The van der Waals surface area contributed by atoms with E-state index in [2.05, 4.69) is 26.5 Å². The summed E-state index contributed by atoms with van der Waals surface area (Å²) in [6.45, 7) is 2.00. The highest BCUT2D eigenvalue weighted by Crippen LogP contribution is 2.22. The van der Waals surface area contributed by atoms with Crippen molar-refractivity contribution in [1.82, 2.24) is 5.43 Å². The van der Waals surface area contributed by atoms with E-state index in [1.54, 1.807) is 29.7 Å². The maximum atomic E-state index is 12.1. The highest BCUT2D eigenvalue weighted by molar-refractivity contribution is 9.10. The number of thiophene rings is 1. The van der Waals surface area contributed by atoms with Crippen molar-refractivity contribution in [3.63, 3.8) is 0 Å². The van der Waals surface area contributed by atoms with Gasteiger partial charge in [0.05, 0.1) is 18.9 Å². The molecule has 2 rings (SSSR count). The zero-order valence-electron chi connectivity index (χ0n) is 11.0. The minimum absolute atomic E-state index is 0.311. The fourth-order valence-electron chi connectivity index (χ4n) is 1.58. The lowest BCUT2D eigenvalue weighted by Gasteiger charge is -2.07. The molecule has 2 aromatic rings. The highest BCUT2D eigenvalue weighted by Gasteiger charge is 2.11. The first kappa shape index (κ1) is 14.7. The van der Waals surface area contributed by atoms with Gasteiger partial charge in [0, 0.05) is 9.35 Å². The van der Waals surface area contributed by atoms with Gasteiger partial charge in [-0.2, -0.15) is 5.10 Å². The average molecular weight is 353 g/mol. The number of amides is 1. The summed E-state index contributed by atoms with van der Waals surface area (Å²) in [5.41, 5.74) is 4.07. The molecule has 0 aliphatic rings. The van der Waals surface area contributed by atoms with Crippen LogP contribution in [0.15, 0.2) is 39.2 Å². The zero-order chi connectivity index (χ0) is 14.5. The first-order valence-corrected chi connectivity index (χ1v) is 7.50. The Bertz CT molecular complexity index is 652. The number of nitrogens with zero attached hydrogens (tertiary/aromatic N) is 1. The summed E-state index contributed by atoms with van der Waals surface area (Å²) in [5.74, 6) is 0.196. The number of aryl methyl sites for hydroxylation is 1. The molecule has 1 aromatic carbocycles. The van der Waals surface area contributed by atoms with Crippen molar-refractivity contribution in [2.45, 2.75) is 6.92 Å². The summed E-state index contributed by atoms with van der Waals surface area (Å²) in [6, 6.07) is 7.24. The Hall–Kier alpha value is -1.66. The zero-order valence-corrected chi connectivity index (χ0v) is 13.4. The van der Waals surface area contributed by atoms with Crippen LogP contribution in [0, 0.1) is 6.92 Å². The summed E-state index contributed by atoms with van der Waals surface area (Å²) in [5, 5.41) is 5.95. The maximum Gasteiger partial charge on any atom is 0.275 e. The number of carbonyl (C=O) groups excluding carboxylic acids is 1. The third-order valence-corrected chi connectivity index (χ3v) is 4.10. The number of hydrazone groups is 1. The maximum absolute atomic E-state index is 12.1. The van der Waals surface area contributed by atoms with E-state index < -0.39 is 0 Å². The fraction of sp³-hybridized carbons (Fsp3) is 0.143. The number of halogens is 1. The molecule has 0 saturated heterocycles. The predicted octanol–water partition coefficient (Wildman–Crippen LogP) is 3.59. The Labute approximate surface area is 129 Å². The topological polar surface area (TPSA) is 50.7 Å². The summed E-state index contributed by atoms with van der Waals surface area (Å²) in [6.07, 6.45) is 1.64. The Balaban J connectivity index is 2.11. The van der Waals surface area contributed by atoms with Gasteiger partial charge >= 0.3 is 0 Å². The first-order chi connectivity index (χ1) is 9.61. The van der Waals surface area contributed by atoms with Gasteiger partial charge in [-0.25, -0.2) is 5.43 Å². The molecule has 6 heteroatoms. The molecule has 20 heavy (non-hydrogen) atoms. The van der Waals surface area contributed by atoms with Gasteiger partial charge < -0.3 is 4.74 Å². The smallest absolute Gasteiger partial charge is 0.275 e. The molecular weight excluding hydrogens is 340 g/mol. The molecule has 0 unspecified atom stereocenters. The standard InChI is InChI=1S/C14H13BrN2O2S/c1-9-5-6-20-13(9)8-16-17-14(18)11-7-10(15)3-4-12(11)19-2/h3-8H,1-2H3,(H,17,18)/b16-8-. The molecule has 104 valence electrons. The molecule has 1 N–H and O–H groups in total. The van der Waals surface area contributed by atoms with E-state index in [1.165, 1.54) is 7.11 Å². The minimum atomic E-state index is -0.311. The summed E-state index contributed by atoms with van der Waals surface area (Å²) < 4.78 is 5.97. The number of nitrogens with one attached hydrogen (secondary N) is 1. The van der Waals surface area contributed by atoms with Crippen LogP contribution in [-0.2, 0) is 0 Å². The third-order valence-electron chi connectivity index (χ3n) is 2.66. The van der Waals surface area contributed by atoms with Gasteiger partial charge in [-0.1, -0.05) is 15.9 Å². The second kappa shape index (κ2) is 6.67. The lowest BCUT2D eigenvalue weighted by atomic mass is 10.2. The Morgan fingerprint density at radius 1 is 1.45 bits per heavy atom. The van der Waals surface area contributed by atoms with Gasteiger partial charge in [0.2, 0.25) is 0 Å². The van der Waals surface area contributed by atoms with Crippen LogP contribution in [0.5, 0.6) is 5.75 Å². The molecule has 1 heterocycles. The van der Waals surface area contributed by atoms with Crippen LogP contribution in [0.25, 0.3) is 0 Å². The van der Waals surface area contributed by atoms with Gasteiger partial charge in [-0.15, -0.1) is 11.3 Å². The second-order valence-electron chi connectivity index (χ2n) is 4.01. The molecule has 0 radical (unpaired) electrons. The number of hydrogen-bond acceptors (Lipinski definition) is 4. The van der Waals surface area contributed by atoms with Crippen molar-refractivity contribution < 1.29 is 9.53 Å². The van der Waals surface area contributed by atoms with Crippen LogP contribution < -0.4 is 10.2 Å². The molecule has 1 amide bonds. The van der Waals surface area contributed by atoms with E-state index in [0.717, 1.165) is 14.9 Å². The number of hydrogen-bond donors (Lipinski definition) is 1. The monoisotopic (exact) mass is 352 g/mol. The average Bonchev–Trinajstić information content (AvgIpc) is 2.84.